The van der Waals surface area contributed by atoms with Crippen molar-refractivity contribution in [3.63, 3.8) is 0 Å². The van der Waals surface area contributed by atoms with Crippen molar-refractivity contribution in [3.05, 3.63) is 52.8 Å². The largest absolute Gasteiger partial charge is 0.516 e. The Kier molecular flexibility index (Phi) is 36.6. The molecule has 0 fully saturated rings. The molecule has 0 atom stereocenters. The summed E-state index contributed by atoms with van der Waals surface area (Å²) in [6, 6.07) is 0. The summed E-state index contributed by atoms with van der Waals surface area (Å²) in [5.41, 5.74) is 0. The van der Waals surface area contributed by atoms with Crippen LogP contribution in [0.1, 0.15) is 13.8 Å². The van der Waals surface area contributed by atoms with Gasteiger partial charge in [0.15, 0.2) is 0 Å². The molecular weight excluding hydrogens is 324 g/mol. The lowest BCUT2D eigenvalue weighted by Crippen LogP contribution is -1.81. The van der Waals surface area contributed by atoms with Crippen LogP contribution in [0.3, 0.4) is 0 Å². The lowest BCUT2D eigenvalue weighted by Gasteiger charge is -1.86. The van der Waals surface area contributed by atoms with Crippen molar-refractivity contribution in [1.82, 2.24) is 0 Å². The molecule has 0 aromatic rings. The lowest BCUT2D eigenvalue weighted by molar-refractivity contribution is -0.742. The first-order chi connectivity index (χ1) is 9.70. The van der Waals surface area contributed by atoms with E-state index in [4.69, 9.17) is 66.4 Å². The van der Waals surface area contributed by atoms with E-state index in [9.17, 15) is 0 Å². The van der Waals surface area contributed by atoms with Crippen LogP contribution in [0.5, 0.6) is 0 Å². The first-order valence-corrected chi connectivity index (χ1v) is 4.34. The molecule has 132 valence electrons. The van der Waals surface area contributed by atoms with Gasteiger partial charge in [0.2, 0.25) is 0 Å². The van der Waals surface area contributed by atoms with E-state index in [1.807, 2.05) is 13.8 Å². The molecule has 0 aliphatic heterocycles. The summed E-state index contributed by atoms with van der Waals surface area (Å²) in [5.74, 6) is 0.468. The Morgan fingerprint density at radius 2 is 0.864 bits per heavy atom. The summed E-state index contributed by atoms with van der Waals surface area (Å²) >= 11 is 0. The third kappa shape index (κ3) is 8830. The van der Waals surface area contributed by atoms with Crippen molar-refractivity contribution < 1.29 is 46.3 Å². The Hall–Kier alpha value is -3.66. The van der Waals surface area contributed by atoms with Gasteiger partial charge < -0.3 is 25.9 Å². The quantitative estimate of drug-likeness (QED) is 0.245. The van der Waals surface area contributed by atoms with Gasteiger partial charge in [-0.3, -0.25) is 0 Å². The average molecular weight is 338 g/mol. The zero-order valence-corrected chi connectivity index (χ0v) is 11.0. The zero-order valence-electron chi connectivity index (χ0n) is 11.0. The second-order valence-electron chi connectivity index (χ2n) is 2.54. The molecule has 0 radical (unpaired) electrons. The third-order valence-electron chi connectivity index (χ3n) is 0.471. The number of allylic oxidation sites excluding steroid dienone is 1. The van der Waals surface area contributed by atoms with Crippen molar-refractivity contribution in [2.75, 3.05) is 0 Å². The predicted octanol–water partition coefficient (Wildman–Crippen LogP) is 0.323. The van der Waals surface area contributed by atoms with Crippen molar-refractivity contribution in [3.8, 4) is 0 Å². The fourth-order valence-corrected chi connectivity index (χ4v) is 0.172. The zero-order chi connectivity index (χ0) is 19.3. The van der Waals surface area contributed by atoms with Gasteiger partial charge in [0, 0.05) is 0 Å². The van der Waals surface area contributed by atoms with Crippen molar-refractivity contribution in [2.45, 2.75) is 13.8 Å². The molecule has 0 saturated carbocycles. The van der Waals surface area contributed by atoms with Crippen LogP contribution in [0.2, 0.25) is 0 Å². The van der Waals surface area contributed by atoms with E-state index in [2.05, 4.69) is 0 Å². The number of hydrogen-bond donors (Lipinski definition) is 5. The Bertz CT molecular complexity index is 264. The van der Waals surface area contributed by atoms with Crippen LogP contribution in [0.4, 0.5) is 0 Å². The highest BCUT2D eigenvalue weighted by Crippen LogP contribution is 1.89. The number of hydrogen-bond acceptors (Lipinski definition) is 9. The summed E-state index contributed by atoms with van der Waals surface area (Å²) in [6.45, 7) is 4.01. The molecule has 0 bridgehead atoms. The van der Waals surface area contributed by atoms with Crippen LogP contribution >= 0.6 is 0 Å². The fraction of sp³-hybridized carbons (Fsp3) is 0.600. The summed E-state index contributed by atoms with van der Waals surface area (Å²) < 4.78 is 0. The molecule has 0 saturated heterocycles. The molecule has 0 spiro atoms. The second kappa shape index (κ2) is 26.0. The highest BCUT2D eigenvalue weighted by molar-refractivity contribution is 4.74. The second-order valence-corrected chi connectivity index (χ2v) is 2.54. The molecule has 0 aliphatic rings. The van der Waals surface area contributed by atoms with E-state index in [0.717, 1.165) is 6.26 Å². The van der Waals surface area contributed by atoms with Crippen LogP contribution in [0.25, 0.3) is 0 Å². The SMILES string of the molecule is CC(C)C=CO.O=[N+]([O-])O.O=[N+]([O-])O.O=[N+]([O-])O.O=[N+]([O-])O. The Labute approximate surface area is 120 Å². The van der Waals surface area contributed by atoms with Crippen molar-refractivity contribution in [2.24, 2.45) is 5.92 Å². The standard InChI is InChI=1S/C5H10O.4HNO3/c1-5(2)3-4-6;4*2-1(3)4/h3-6H,1-2H3;4*(H,2,3,4). The van der Waals surface area contributed by atoms with E-state index < -0.39 is 20.3 Å². The summed E-state index contributed by atoms with van der Waals surface area (Å²) in [4.78, 5) is 33.4. The molecule has 5 N–H and O–H groups in total. The lowest BCUT2D eigenvalue weighted by atomic mass is 10.2. The van der Waals surface area contributed by atoms with Crippen molar-refractivity contribution in [1.29, 1.82) is 0 Å². The minimum absolute atomic E-state index is 0.468. The van der Waals surface area contributed by atoms with E-state index in [1.54, 1.807) is 6.08 Å². The van der Waals surface area contributed by atoms with E-state index in [1.165, 1.54) is 0 Å². The van der Waals surface area contributed by atoms with Crippen molar-refractivity contribution >= 4 is 0 Å². The maximum atomic E-state index is 8.36. The molecule has 0 rings (SSSR count). The number of aliphatic hydroxyl groups excluding tert-OH is 1. The first kappa shape index (κ1) is 31.0. The van der Waals surface area contributed by atoms with Gasteiger partial charge in [-0.25, -0.2) is 0 Å². The van der Waals surface area contributed by atoms with Crippen LogP contribution in [0, 0.1) is 46.4 Å². The number of aliphatic hydroxyl groups is 1. The van der Waals surface area contributed by atoms with Gasteiger partial charge in [0.1, 0.15) is 0 Å². The number of rotatable bonds is 1. The molecular formula is C5H14N4O13. The average Bonchev–Trinajstić information content (AvgIpc) is 2.12. The Morgan fingerprint density at radius 3 is 0.864 bits per heavy atom. The fourth-order valence-electron chi connectivity index (χ4n) is 0.172. The highest BCUT2D eigenvalue weighted by atomic mass is 16.9. The maximum absolute atomic E-state index is 8.36. The predicted molar refractivity (Wildman–Crippen MR) is 61.7 cm³/mol. The smallest absolute Gasteiger partial charge is 0.291 e. The van der Waals surface area contributed by atoms with E-state index >= 15 is 0 Å². The Balaban J connectivity index is -0.0000000555. The normalized spacial score (nSPS) is 7.41. The Morgan fingerprint density at radius 1 is 0.727 bits per heavy atom. The van der Waals surface area contributed by atoms with Gasteiger partial charge >= 0.3 is 0 Å². The van der Waals surface area contributed by atoms with Gasteiger partial charge in [-0.1, -0.05) is 13.8 Å². The van der Waals surface area contributed by atoms with E-state index in [0.29, 0.717) is 5.92 Å². The monoisotopic (exact) mass is 338 g/mol. The molecule has 17 nitrogen and oxygen atoms in total. The molecule has 0 heterocycles. The van der Waals surface area contributed by atoms with Crippen LogP contribution < -0.4 is 0 Å². The molecule has 0 aromatic carbocycles. The summed E-state index contributed by atoms with van der Waals surface area (Å²) in [7, 11) is 0. The molecule has 0 unspecified atom stereocenters. The minimum atomic E-state index is -1.50. The van der Waals surface area contributed by atoms with Gasteiger partial charge in [0.05, 0.1) is 6.26 Å². The molecule has 0 aliphatic carbocycles. The van der Waals surface area contributed by atoms with Crippen LogP contribution in [0.15, 0.2) is 12.3 Å². The number of nitrogens with zero attached hydrogens (tertiary/aromatic N) is 4. The maximum Gasteiger partial charge on any atom is 0.291 e. The third-order valence-corrected chi connectivity index (χ3v) is 0.471. The minimum Gasteiger partial charge on any atom is -0.516 e. The first-order valence-electron chi connectivity index (χ1n) is 4.34. The van der Waals surface area contributed by atoms with Gasteiger partial charge in [-0.15, -0.1) is 40.5 Å². The molecule has 22 heavy (non-hydrogen) atoms. The summed E-state index contributed by atoms with van der Waals surface area (Å²) in [5, 5.41) is 62.6. The van der Waals surface area contributed by atoms with Gasteiger partial charge in [-0.2, -0.15) is 0 Å². The molecule has 0 aromatic heterocycles. The molecule has 17 heteroatoms. The van der Waals surface area contributed by atoms with Crippen LogP contribution in [-0.2, 0) is 0 Å². The summed E-state index contributed by atoms with van der Waals surface area (Å²) in [6.07, 6.45) is 2.80. The van der Waals surface area contributed by atoms with Crippen LogP contribution in [-0.4, -0.2) is 46.3 Å². The topological polar surface area (TPSA) is 274 Å². The highest BCUT2D eigenvalue weighted by Gasteiger charge is 1.77. The van der Waals surface area contributed by atoms with E-state index in [-0.39, 0.29) is 0 Å². The van der Waals surface area contributed by atoms with Gasteiger partial charge in [-0.05, 0) is 12.0 Å². The van der Waals surface area contributed by atoms with Gasteiger partial charge in [0.25, 0.3) is 20.3 Å². The molecule has 0 amide bonds.